The second kappa shape index (κ2) is 5.69. The van der Waals surface area contributed by atoms with Crippen LogP contribution in [-0.4, -0.2) is 5.71 Å². The summed E-state index contributed by atoms with van der Waals surface area (Å²) in [7, 11) is 0. The van der Waals surface area contributed by atoms with Gasteiger partial charge < -0.3 is 5.41 Å². The van der Waals surface area contributed by atoms with Crippen molar-refractivity contribution in [3.05, 3.63) is 34.9 Å². The SMILES string of the molecule is CCC(=N)Cc1ccc(CC)c(CC)c1. The van der Waals surface area contributed by atoms with Crippen molar-refractivity contribution in [2.45, 2.75) is 46.5 Å². The first kappa shape index (κ1) is 12.0. The first-order chi connectivity index (χ1) is 7.21. The van der Waals surface area contributed by atoms with Crippen LogP contribution in [0, 0.1) is 5.41 Å². The molecule has 1 heteroatoms. The Morgan fingerprint density at radius 2 is 1.73 bits per heavy atom. The molecule has 0 unspecified atom stereocenters. The number of hydrogen-bond acceptors (Lipinski definition) is 1. The average Bonchev–Trinajstić information content (AvgIpc) is 2.28. The molecule has 1 aromatic rings. The van der Waals surface area contributed by atoms with Crippen molar-refractivity contribution in [1.82, 2.24) is 0 Å². The van der Waals surface area contributed by atoms with Gasteiger partial charge in [0.1, 0.15) is 0 Å². The van der Waals surface area contributed by atoms with E-state index < -0.39 is 0 Å². The van der Waals surface area contributed by atoms with E-state index in [4.69, 9.17) is 5.41 Å². The predicted molar refractivity (Wildman–Crippen MR) is 66.9 cm³/mol. The van der Waals surface area contributed by atoms with Crippen LogP contribution in [0.4, 0.5) is 0 Å². The Balaban J connectivity index is 2.88. The predicted octanol–water partition coefficient (Wildman–Crippen LogP) is 3.78. The van der Waals surface area contributed by atoms with E-state index in [9.17, 15) is 0 Å². The summed E-state index contributed by atoms with van der Waals surface area (Å²) in [6.07, 6.45) is 3.87. The Bertz CT molecular complexity index is 339. The molecule has 0 aliphatic rings. The van der Waals surface area contributed by atoms with Gasteiger partial charge in [-0.25, -0.2) is 0 Å². The molecule has 0 bridgehead atoms. The highest BCUT2D eigenvalue weighted by molar-refractivity contribution is 5.83. The van der Waals surface area contributed by atoms with Crippen molar-refractivity contribution in [2.75, 3.05) is 0 Å². The fourth-order valence-corrected chi connectivity index (χ4v) is 1.83. The van der Waals surface area contributed by atoms with Crippen molar-refractivity contribution < 1.29 is 0 Å². The maximum Gasteiger partial charge on any atom is 0.0130 e. The second-order valence-corrected chi connectivity index (χ2v) is 3.94. The van der Waals surface area contributed by atoms with Crippen LogP contribution in [-0.2, 0) is 19.3 Å². The molecule has 0 radical (unpaired) electrons. The number of aryl methyl sites for hydroxylation is 2. The molecule has 1 aromatic carbocycles. The molecule has 1 nitrogen and oxygen atoms in total. The summed E-state index contributed by atoms with van der Waals surface area (Å²) in [5.74, 6) is 0. The molecule has 0 aliphatic carbocycles. The lowest BCUT2D eigenvalue weighted by Gasteiger charge is -2.09. The largest absolute Gasteiger partial charge is 0.309 e. The minimum Gasteiger partial charge on any atom is -0.309 e. The molecule has 82 valence electrons. The summed E-state index contributed by atoms with van der Waals surface area (Å²) in [6, 6.07) is 6.66. The molecule has 0 atom stereocenters. The number of nitrogens with one attached hydrogen (secondary N) is 1. The van der Waals surface area contributed by atoms with Crippen LogP contribution in [0.25, 0.3) is 0 Å². The average molecular weight is 203 g/mol. The first-order valence-electron chi connectivity index (χ1n) is 5.88. The molecule has 0 amide bonds. The van der Waals surface area contributed by atoms with Gasteiger partial charge in [0.05, 0.1) is 0 Å². The zero-order valence-electron chi connectivity index (χ0n) is 10.1. The van der Waals surface area contributed by atoms with Gasteiger partial charge in [0.15, 0.2) is 0 Å². The van der Waals surface area contributed by atoms with Crippen LogP contribution in [0.15, 0.2) is 18.2 Å². The van der Waals surface area contributed by atoms with Crippen molar-refractivity contribution in [1.29, 1.82) is 5.41 Å². The third-order valence-electron chi connectivity index (χ3n) is 2.88. The van der Waals surface area contributed by atoms with Crippen molar-refractivity contribution >= 4 is 5.71 Å². The van der Waals surface area contributed by atoms with Crippen LogP contribution in [0.3, 0.4) is 0 Å². The normalized spacial score (nSPS) is 10.3. The van der Waals surface area contributed by atoms with E-state index in [1.54, 1.807) is 0 Å². The van der Waals surface area contributed by atoms with E-state index in [1.165, 1.54) is 16.7 Å². The van der Waals surface area contributed by atoms with Gasteiger partial charge >= 0.3 is 0 Å². The van der Waals surface area contributed by atoms with Gasteiger partial charge in [-0.3, -0.25) is 0 Å². The van der Waals surface area contributed by atoms with Crippen LogP contribution < -0.4 is 0 Å². The molecule has 1 N–H and O–H groups in total. The van der Waals surface area contributed by atoms with Gasteiger partial charge in [0.25, 0.3) is 0 Å². The molecular weight excluding hydrogens is 182 g/mol. The molecule has 0 aliphatic heterocycles. The fourth-order valence-electron chi connectivity index (χ4n) is 1.83. The summed E-state index contributed by atoms with van der Waals surface area (Å²) >= 11 is 0. The van der Waals surface area contributed by atoms with Gasteiger partial charge in [-0.2, -0.15) is 0 Å². The lowest BCUT2D eigenvalue weighted by molar-refractivity contribution is 1.02. The standard InChI is InChI=1S/C14H21N/c1-4-12-8-7-11(9-13(12)5-2)10-14(15)6-3/h7-9,15H,4-6,10H2,1-3H3. The molecule has 1 rings (SSSR count). The molecule has 0 fully saturated rings. The van der Waals surface area contributed by atoms with E-state index in [0.717, 1.165) is 31.4 Å². The lowest BCUT2D eigenvalue weighted by Crippen LogP contribution is -2.01. The second-order valence-electron chi connectivity index (χ2n) is 3.94. The highest BCUT2D eigenvalue weighted by Gasteiger charge is 2.02. The van der Waals surface area contributed by atoms with Crippen LogP contribution in [0.1, 0.15) is 43.9 Å². The number of benzene rings is 1. The number of hydrogen-bond donors (Lipinski definition) is 1. The van der Waals surface area contributed by atoms with Gasteiger partial charge in [-0.15, -0.1) is 0 Å². The maximum atomic E-state index is 7.70. The topological polar surface area (TPSA) is 23.9 Å². The van der Waals surface area contributed by atoms with Crippen molar-refractivity contribution in [3.63, 3.8) is 0 Å². The smallest absolute Gasteiger partial charge is 0.0130 e. The van der Waals surface area contributed by atoms with Crippen LogP contribution in [0.2, 0.25) is 0 Å². The van der Waals surface area contributed by atoms with Crippen LogP contribution >= 0.6 is 0 Å². The Kier molecular flexibility index (Phi) is 4.54. The van der Waals surface area contributed by atoms with Gasteiger partial charge in [0.2, 0.25) is 0 Å². The third kappa shape index (κ3) is 3.19. The van der Waals surface area contributed by atoms with Gasteiger partial charge in [0, 0.05) is 12.1 Å². The van der Waals surface area contributed by atoms with E-state index >= 15 is 0 Å². The summed E-state index contributed by atoms with van der Waals surface area (Å²) in [4.78, 5) is 0. The Hall–Kier alpha value is -1.11. The Morgan fingerprint density at radius 3 is 2.27 bits per heavy atom. The Labute approximate surface area is 93.0 Å². The molecule has 0 saturated heterocycles. The highest BCUT2D eigenvalue weighted by Crippen LogP contribution is 2.14. The first-order valence-corrected chi connectivity index (χ1v) is 5.88. The maximum absolute atomic E-state index is 7.70. The lowest BCUT2D eigenvalue weighted by atomic mass is 9.97. The van der Waals surface area contributed by atoms with E-state index in [0.29, 0.717) is 0 Å². The van der Waals surface area contributed by atoms with Gasteiger partial charge in [-0.1, -0.05) is 39.0 Å². The minimum absolute atomic E-state index is 0.813. The fraction of sp³-hybridized carbons (Fsp3) is 0.500. The van der Waals surface area contributed by atoms with Crippen LogP contribution in [0.5, 0.6) is 0 Å². The van der Waals surface area contributed by atoms with Crippen molar-refractivity contribution in [3.8, 4) is 0 Å². The van der Waals surface area contributed by atoms with E-state index in [2.05, 4.69) is 32.0 Å². The van der Waals surface area contributed by atoms with Gasteiger partial charge in [-0.05, 0) is 36.0 Å². The quantitative estimate of drug-likeness (QED) is 0.704. The van der Waals surface area contributed by atoms with E-state index in [-0.39, 0.29) is 0 Å². The summed E-state index contributed by atoms with van der Waals surface area (Å²) in [6.45, 7) is 6.44. The summed E-state index contributed by atoms with van der Waals surface area (Å²) in [5, 5.41) is 7.70. The monoisotopic (exact) mass is 203 g/mol. The Morgan fingerprint density at radius 1 is 1.07 bits per heavy atom. The number of rotatable bonds is 5. The molecule has 0 saturated carbocycles. The zero-order chi connectivity index (χ0) is 11.3. The molecule has 0 spiro atoms. The van der Waals surface area contributed by atoms with Crippen molar-refractivity contribution in [2.24, 2.45) is 0 Å². The zero-order valence-corrected chi connectivity index (χ0v) is 10.1. The highest BCUT2D eigenvalue weighted by atomic mass is 14.4. The molecule has 0 aromatic heterocycles. The minimum atomic E-state index is 0.813. The summed E-state index contributed by atoms with van der Waals surface area (Å²) < 4.78 is 0. The summed E-state index contributed by atoms with van der Waals surface area (Å²) in [5.41, 5.74) is 5.00. The molecule has 15 heavy (non-hydrogen) atoms. The third-order valence-corrected chi connectivity index (χ3v) is 2.88. The molecular formula is C14H21N. The van der Waals surface area contributed by atoms with E-state index in [1.807, 2.05) is 6.92 Å². The molecule has 0 heterocycles.